The Morgan fingerprint density at radius 3 is 1.80 bits per heavy atom. The van der Waals surface area contributed by atoms with Gasteiger partial charge in [-0.15, -0.1) is 0 Å². The van der Waals surface area contributed by atoms with Crippen LogP contribution in [0, 0.1) is 0 Å². The zero-order valence-corrected chi connectivity index (χ0v) is 22.0. The van der Waals surface area contributed by atoms with Crippen molar-refractivity contribution in [1.82, 2.24) is 15.0 Å². The van der Waals surface area contributed by atoms with Crippen molar-refractivity contribution in [1.29, 1.82) is 0 Å². The maximum absolute atomic E-state index is 6.22. The fourth-order valence-corrected chi connectivity index (χ4v) is 5.52. The summed E-state index contributed by atoms with van der Waals surface area (Å²) < 4.78 is 6.22. The van der Waals surface area contributed by atoms with E-state index in [0.29, 0.717) is 5.89 Å². The summed E-state index contributed by atoms with van der Waals surface area (Å²) in [4.78, 5) is 15.0. The van der Waals surface area contributed by atoms with Gasteiger partial charge in [0.1, 0.15) is 5.52 Å². The highest BCUT2D eigenvalue weighted by Crippen LogP contribution is 2.38. The average Bonchev–Trinajstić information content (AvgIpc) is 3.50. The third-order valence-corrected chi connectivity index (χ3v) is 7.52. The van der Waals surface area contributed by atoms with Crippen LogP contribution in [0.2, 0.25) is 0 Å². The van der Waals surface area contributed by atoms with Crippen LogP contribution in [0.15, 0.2) is 144 Å². The molecule has 0 saturated carbocycles. The molecule has 0 saturated heterocycles. The molecule has 0 aliphatic rings. The first-order valence-corrected chi connectivity index (χ1v) is 13.6. The van der Waals surface area contributed by atoms with E-state index in [1.54, 1.807) is 0 Å². The van der Waals surface area contributed by atoms with Crippen LogP contribution in [0.3, 0.4) is 0 Å². The molecule has 0 N–H and O–H groups in total. The molecule has 0 fully saturated rings. The molecular formula is C37H23N3O. The van der Waals surface area contributed by atoms with Gasteiger partial charge >= 0.3 is 0 Å². The Labute approximate surface area is 236 Å². The number of nitrogens with zero attached hydrogens (tertiary/aromatic N) is 3. The van der Waals surface area contributed by atoms with Crippen LogP contribution in [0.5, 0.6) is 0 Å². The van der Waals surface area contributed by atoms with Gasteiger partial charge in [0.25, 0.3) is 0 Å². The summed E-state index contributed by atoms with van der Waals surface area (Å²) >= 11 is 0. The molecule has 0 aliphatic carbocycles. The predicted molar refractivity (Wildman–Crippen MR) is 166 cm³/mol. The predicted octanol–water partition coefficient (Wildman–Crippen LogP) is 9.59. The van der Waals surface area contributed by atoms with Gasteiger partial charge in [0.05, 0.1) is 22.6 Å². The molecule has 0 unspecified atom stereocenters. The lowest BCUT2D eigenvalue weighted by Gasteiger charge is -2.11. The Morgan fingerprint density at radius 1 is 0.415 bits per heavy atom. The largest absolute Gasteiger partial charge is 0.436 e. The van der Waals surface area contributed by atoms with Gasteiger partial charge in [-0.25, -0.2) is 15.0 Å². The number of oxazole rings is 1. The zero-order valence-electron chi connectivity index (χ0n) is 22.0. The lowest BCUT2D eigenvalue weighted by molar-refractivity contribution is 0.620. The number of rotatable bonds is 4. The first kappa shape index (κ1) is 23.3. The normalized spacial score (nSPS) is 11.4. The number of aromatic nitrogens is 3. The Balaban J connectivity index is 1.27. The highest BCUT2D eigenvalue weighted by Gasteiger charge is 2.17. The van der Waals surface area contributed by atoms with Crippen LogP contribution in [0.4, 0.5) is 0 Å². The molecule has 0 aliphatic heterocycles. The number of fused-ring (bicyclic) bond motifs is 5. The number of hydrogen-bond acceptors (Lipinski definition) is 4. The topological polar surface area (TPSA) is 51.8 Å². The molecule has 0 bridgehead atoms. The van der Waals surface area contributed by atoms with E-state index in [1.165, 1.54) is 0 Å². The van der Waals surface area contributed by atoms with E-state index < -0.39 is 0 Å². The monoisotopic (exact) mass is 525 g/mol. The second-order valence-electron chi connectivity index (χ2n) is 10.0. The molecule has 4 nitrogen and oxygen atoms in total. The lowest BCUT2D eigenvalue weighted by Crippen LogP contribution is -1.91. The molecule has 3 heterocycles. The fourth-order valence-electron chi connectivity index (χ4n) is 5.52. The van der Waals surface area contributed by atoms with Gasteiger partial charge in [0.2, 0.25) is 5.89 Å². The Morgan fingerprint density at radius 2 is 1.05 bits per heavy atom. The zero-order chi connectivity index (χ0) is 27.2. The van der Waals surface area contributed by atoms with Gasteiger partial charge in [-0.05, 0) is 42.5 Å². The van der Waals surface area contributed by atoms with Gasteiger partial charge in [-0.1, -0.05) is 97.1 Å². The molecule has 0 amide bonds. The summed E-state index contributed by atoms with van der Waals surface area (Å²) in [7, 11) is 0. The van der Waals surface area contributed by atoms with Gasteiger partial charge in [0, 0.05) is 38.4 Å². The van der Waals surface area contributed by atoms with Crippen molar-refractivity contribution in [3.8, 4) is 45.2 Å². The van der Waals surface area contributed by atoms with Crippen molar-refractivity contribution in [3.05, 3.63) is 140 Å². The van der Waals surface area contributed by atoms with Crippen LogP contribution in [0.1, 0.15) is 0 Å². The van der Waals surface area contributed by atoms with E-state index in [0.717, 1.165) is 72.1 Å². The number of hydrogen-bond donors (Lipinski definition) is 0. The van der Waals surface area contributed by atoms with E-state index in [2.05, 4.69) is 66.7 Å². The lowest BCUT2D eigenvalue weighted by atomic mass is 9.98. The van der Waals surface area contributed by atoms with Gasteiger partial charge in [0.15, 0.2) is 5.58 Å². The standard InChI is InChI=1S/C37H23N3O/c1-3-10-24(11-4-1)30-16-9-17-31(38-30)25-18-20-26(21-19-25)35-29-22-23-33-36(34(29)28-14-7-8-15-32(28)39-35)40-37(41-33)27-12-5-2-6-13-27/h1-23H. The fraction of sp³-hybridized carbons (Fsp3) is 0. The Kier molecular flexibility index (Phi) is 5.42. The van der Waals surface area contributed by atoms with Gasteiger partial charge in [-0.3, -0.25) is 0 Å². The molecule has 4 heteroatoms. The minimum atomic E-state index is 0.616. The summed E-state index contributed by atoms with van der Waals surface area (Å²) in [5.41, 5.74) is 9.50. The average molecular weight is 526 g/mol. The molecule has 0 atom stereocenters. The highest BCUT2D eigenvalue weighted by atomic mass is 16.3. The molecule has 8 rings (SSSR count). The van der Waals surface area contributed by atoms with E-state index in [-0.39, 0.29) is 0 Å². The third kappa shape index (κ3) is 4.05. The van der Waals surface area contributed by atoms with Crippen molar-refractivity contribution in [2.75, 3.05) is 0 Å². The highest BCUT2D eigenvalue weighted by molar-refractivity contribution is 6.20. The van der Waals surface area contributed by atoms with Gasteiger partial charge < -0.3 is 4.42 Å². The molecule has 3 aromatic heterocycles. The molecule has 0 spiro atoms. The molecule has 192 valence electrons. The minimum Gasteiger partial charge on any atom is -0.436 e. The summed E-state index contributed by atoms with van der Waals surface area (Å²) in [6.07, 6.45) is 0. The van der Waals surface area contributed by atoms with Crippen LogP contribution >= 0.6 is 0 Å². The molecule has 8 aromatic rings. The van der Waals surface area contributed by atoms with Crippen LogP contribution in [0.25, 0.3) is 78.0 Å². The van der Waals surface area contributed by atoms with Crippen molar-refractivity contribution in [3.63, 3.8) is 0 Å². The summed E-state index contributed by atoms with van der Waals surface area (Å²) in [6.45, 7) is 0. The summed E-state index contributed by atoms with van der Waals surface area (Å²) in [6, 6.07) is 47.3. The van der Waals surface area contributed by atoms with E-state index in [4.69, 9.17) is 19.4 Å². The summed E-state index contributed by atoms with van der Waals surface area (Å²) in [5.74, 6) is 0.616. The number of pyridine rings is 2. The maximum atomic E-state index is 6.22. The smallest absolute Gasteiger partial charge is 0.227 e. The third-order valence-electron chi connectivity index (χ3n) is 7.52. The van der Waals surface area contributed by atoms with Crippen LogP contribution < -0.4 is 0 Å². The minimum absolute atomic E-state index is 0.616. The van der Waals surface area contributed by atoms with Crippen molar-refractivity contribution in [2.45, 2.75) is 0 Å². The second kappa shape index (κ2) is 9.54. The van der Waals surface area contributed by atoms with E-state index in [9.17, 15) is 0 Å². The molecule has 41 heavy (non-hydrogen) atoms. The number of benzene rings is 5. The van der Waals surface area contributed by atoms with Crippen molar-refractivity contribution in [2.24, 2.45) is 0 Å². The Bertz CT molecular complexity index is 2180. The summed E-state index contributed by atoms with van der Waals surface area (Å²) in [5, 5.41) is 3.15. The SMILES string of the molecule is c1ccc(-c2cccc(-c3ccc(-c4nc5ccccc5c5c4ccc4oc(-c6ccccc6)nc45)cc3)n2)cc1. The van der Waals surface area contributed by atoms with Crippen molar-refractivity contribution < 1.29 is 4.42 Å². The molecular weight excluding hydrogens is 502 g/mol. The van der Waals surface area contributed by atoms with E-state index >= 15 is 0 Å². The molecule has 0 radical (unpaired) electrons. The molecule has 5 aromatic carbocycles. The Hall–Kier alpha value is -5.61. The van der Waals surface area contributed by atoms with Crippen molar-refractivity contribution >= 4 is 32.8 Å². The van der Waals surface area contributed by atoms with Gasteiger partial charge in [-0.2, -0.15) is 0 Å². The van der Waals surface area contributed by atoms with Crippen LogP contribution in [-0.4, -0.2) is 15.0 Å². The maximum Gasteiger partial charge on any atom is 0.227 e. The first-order chi connectivity index (χ1) is 20.3. The first-order valence-electron chi connectivity index (χ1n) is 13.6. The van der Waals surface area contributed by atoms with E-state index in [1.807, 2.05) is 72.8 Å². The second-order valence-corrected chi connectivity index (χ2v) is 10.0. The number of para-hydroxylation sites is 1. The quantitative estimate of drug-likeness (QED) is 0.215. The van der Waals surface area contributed by atoms with Crippen LogP contribution in [-0.2, 0) is 0 Å².